The van der Waals surface area contributed by atoms with Gasteiger partial charge in [-0.3, -0.25) is 4.79 Å². The number of rotatable bonds is 3. The third-order valence-corrected chi connectivity index (χ3v) is 5.29. The van der Waals surface area contributed by atoms with Crippen molar-refractivity contribution in [1.29, 1.82) is 0 Å². The van der Waals surface area contributed by atoms with E-state index < -0.39 is 0 Å². The molecular formula is C19H28ClFN2O. The molecule has 24 heavy (non-hydrogen) atoms. The lowest BCUT2D eigenvalue weighted by atomic mass is 9.88. The number of piperidine rings is 1. The van der Waals surface area contributed by atoms with Crippen LogP contribution in [0.5, 0.6) is 0 Å². The van der Waals surface area contributed by atoms with Crippen molar-refractivity contribution in [2.45, 2.75) is 63.8 Å². The lowest BCUT2D eigenvalue weighted by Crippen LogP contribution is -2.37. The van der Waals surface area contributed by atoms with Gasteiger partial charge in [0.15, 0.2) is 0 Å². The van der Waals surface area contributed by atoms with E-state index in [9.17, 15) is 9.18 Å². The average molecular weight is 355 g/mol. The van der Waals surface area contributed by atoms with Gasteiger partial charge in [-0.25, -0.2) is 4.39 Å². The summed E-state index contributed by atoms with van der Waals surface area (Å²) < 4.78 is 14.6. The molecule has 2 fully saturated rings. The van der Waals surface area contributed by atoms with Gasteiger partial charge in [-0.05, 0) is 68.8 Å². The second-order valence-corrected chi connectivity index (χ2v) is 7.03. The summed E-state index contributed by atoms with van der Waals surface area (Å²) >= 11 is 0. The molecule has 1 aromatic rings. The van der Waals surface area contributed by atoms with E-state index in [1.54, 1.807) is 6.07 Å². The number of nitrogens with one attached hydrogen (secondary N) is 2. The first-order valence-corrected chi connectivity index (χ1v) is 8.97. The molecule has 1 heterocycles. The maximum absolute atomic E-state index is 14.6. The van der Waals surface area contributed by atoms with Crippen LogP contribution in [0.3, 0.4) is 0 Å². The van der Waals surface area contributed by atoms with E-state index >= 15 is 0 Å². The number of halogens is 2. The van der Waals surface area contributed by atoms with Crippen molar-refractivity contribution in [2.75, 3.05) is 13.1 Å². The highest BCUT2D eigenvalue weighted by molar-refractivity contribution is 5.96. The molecule has 1 aromatic carbocycles. The molecule has 1 aliphatic heterocycles. The van der Waals surface area contributed by atoms with Gasteiger partial charge in [-0.2, -0.15) is 0 Å². The minimum absolute atomic E-state index is 0. The summed E-state index contributed by atoms with van der Waals surface area (Å²) in [6.07, 6.45) is 7.64. The molecule has 0 bridgehead atoms. The van der Waals surface area contributed by atoms with E-state index in [2.05, 4.69) is 10.6 Å². The number of carbonyl (C=O) groups excluding carboxylic acids is 1. The van der Waals surface area contributed by atoms with Gasteiger partial charge >= 0.3 is 0 Å². The van der Waals surface area contributed by atoms with Crippen molar-refractivity contribution in [3.63, 3.8) is 0 Å². The second-order valence-electron chi connectivity index (χ2n) is 7.03. The monoisotopic (exact) mass is 354 g/mol. The number of hydrogen-bond acceptors (Lipinski definition) is 2. The fraction of sp³-hybridized carbons (Fsp3) is 0.632. The molecule has 3 rings (SSSR count). The minimum Gasteiger partial charge on any atom is -0.349 e. The van der Waals surface area contributed by atoms with Crippen LogP contribution < -0.4 is 10.6 Å². The highest BCUT2D eigenvalue weighted by Gasteiger charge is 2.23. The molecule has 1 aliphatic carbocycles. The predicted octanol–water partition coefficient (Wildman–Crippen LogP) is 4.09. The van der Waals surface area contributed by atoms with Crippen LogP contribution in [0.1, 0.15) is 72.3 Å². The number of benzene rings is 1. The summed E-state index contributed by atoms with van der Waals surface area (Å²) in [4.78, 5) is 12.5. The zero-order valence-electron chi connectivity index (χ0n) is 14.4. The molecule has 3 nitrogen and oxygen atoms in total. The Labute approximate surface area is 150 Å². The third kappa shape index (κ3) is 4.48. The molecule has 1 saturated heterocycles. The molecule has 5 heteroatoms. The van der Waals surface area contributed by atoms with E-state index in [0.29, 0.717) is 5.92 Å². The summed E-state index contributed by atoms with van der Waals surface area (Å²) in [5.74, 6) is -0.212. The zero-order chi connectivity index (χ0) is 16.2. The van der Waals surface area contributed by atoms with Crippen molar-refractivity contribution in [2.24, 2.45) is 0 Å². The van der Waals surface area contributed by atoms with Gasteiger partial charge in [0.25, 0.3) is 5.91 Å². The van der Waals surface area contributed by atoms with Crippen LogP contribution in [0.15, 0.2) is 12.1 Å². The second kappa shape index (κ2) is 8.82. The Bertz CT molecular complexity index is 543. The van der Waals surface area contributed by atoms with Crippen LogP contribution in [-0.2, 0) is 0 Å². The average Bonchev–Trinajstić information content (AvgIpc) is 2.56. The first-order chi connectivity index (χ1) is 11.1. The summed E-state index contributed by atoms with van der Waals surface area (Å²) in [7, 11) is 0. The maximum Gasteiger partial charge on any atom is 0.254 e. The van der Waals surface area contributed by atoms with Crippen molar-refractivity contribution in [3.05, 3.63) is 34.6 Å². The highest BCUT2D eigenvalue weighted by Crippen LogP contribution is 2.28. The molecule has 0 aromatic heterocycles. The molecule has 2 N–H and O–H groups in total. The number of carbonyl (C=O) groups is 1. The summed E-state index contributed by atoms with van der Waals surface area (Å²) in [6.45, 7) is 3.81. The Kier molecular flexibility index (Phi) is 7.05. The molecule has 0 radical (unpaired) electrons. The molecule has 0 spiro atoms. The summed E-state index contributed by atoms with van der Waals surface area (Å²) in [6, 6.07) is 3.80. The van der Waals surface area contributed by atoms with Crippen LogP contribution in [0.4, 0.5) is 4.39 Å². The number of hydrogen-bond donors (Lipinski definition) is 2. The lowest BCUT2D eigenvalue weighted by Gasteiger charge is -2.25. The van der Waals surface area contributed by atoms with E-state index in [4.69, 9.17) is 0 Å². The molecule has 1 amide bonds. The van der Waals surface area contributed by atoms with E-state index in [1.807, 2.05) is 13.0 Å². The van der Waals surface area contributed by atoms with E-state index in [-0.39, 0.29) is 35.7 Å². The van der Waals surface area contributed by atoms with Crippen LogP contribution >= 0.6 is 12.4 Å². The van der Waals surface area contributed by atoms with Gasteiger partial charge in [0.1, 0.15) is 5.82 Å². The van der Waals surface area contributed by atoms with Crippen LogP contribution in [-0.4, -0.2) is 25.0 Å². The van der Waals surface area contributed by atoms with Crippen molar-refractivity contribution >= 4 is 18.3 Å². The predicted molar refractivity (Wildman–Crippen MR) is 97.6 cm³/mol. The Hall–Kier alpha value is -1.13. The molecule has 134 valence electrons. The van der Waals surface area contributed by atoms with Gasteiger partial charge in [0.2, 0.25) is 0 Å². The van der Waals surface area contributed by atoms with Crippen molar-refractivity contribution in [3.8, 4) is 0 Å². The Balaban J connectivity index is 0.00000208. The van der Waals surface area contributed by atoms with Gasteiger partial charge < -0.3 is 10.6 Å². The minimum atomic E-state index is -0.369. The SMILES string of the molecule is Cc1cc(C2CCNCC2)cc(F)c1C(=O)NC1CCCCC1.Cl. The summed E-state index contributed by atoms with van der Waals surface area (Å²) in [5, 5.41) is 6.36. The lowest BCUT2D eigenvalue weighted by molar-refractivity contribution is 0.0923. The van der Waals surface area contributed by atoms with E-state index in [1.165, 1.54) is 6.42 Å². The van der Waals surface area contributed by atoms with Crippen molar-refractivity contribution in [1.82, 2.24) is 10.6 Å². The first kappa shape index (κ1) is 19.2. The van der Waals surface area contributed by atoms with Gasteiger partial charge in [0, 0.05) is 6.04 Å². The first-order valence-electron chi connectivity index (χ1n) is 8.97. The highest BCUT2D eigenvalue weighted by atomic mass is 35.5. The fourth-order valence-electron chi connectivity index (χ4n) is 3.95. The largest absolute Gasteiger partial charge is 0.349 e. The zero-order valence-corrected chi connectivity index (χ0v) is 15.2. The standard InChI is InChI=1S/C19H27FN2O.ClH/c1-13-11-15(14-7-9-21-10-8-14)12-17(20)18(13)19(23)22-16-5-3-2-4-6-16;/h11-12,14,16,21H,2-10H2,1H3,(H,22,23);1H. The number of amides is 1. The number of aryl methyl sites for hydroxylation is 1. The van der Waals surface area contributed by atoms with Crippen LogP contribution in [0.2, 0.25) is 0 Å². The Morgan fingerprint density at radius 3 is 2.42 bits per heavy atom. The molecule has 2 aliphatic rings. The van der Waals surface area contributed by atoms with Crippen LogP contribution in [0.25, 0.3) is 0 Å². The Morgan fingerprint density at radius 1 is 1.12 bits per heavy atom. The molecule has 0 atom stereocenters. The van der Waals surface area contributed by atoms with Gasteiger partial charge in [-0.1, -0.05) is 25.3 Å². The Morgan fingerprint density at radius 2 is 1.79 bits per heavy atom. The normalized spacial score (nSPS) is 19.6. The van der Waals surface area contributed by atoms with Crippen molar-refractivity contribution < 1.29 is 9.18 Å². The topological polar surface area (TPSA) is 41.1 Å². The van der Waals surface area contributed by atoms with Crippen LogP contribution in [0, 0.1) is 12.7 Å². The molecule has 1 saturated carbocycles. The molecule has 0 unspecified atom stereocenters. The van der Waals surface area contributed by atoms with E-state index in [0.717, 1.165) is 62.7 Å². The fourth-order valence-corrected chi connectivity index (χ4v) is 3.95. The smallest absolute Gasteiger partial charge is 0.254 e. The van der Waals surface area contributed by atoms with Gasteiger partial charge in [-0.15, -0.1) is 12.4 Å². The van der Waals surface area contributed by atoms with Gasteiger partial charge in [0.05, 0.1) is 5.56 Å². The quantitative estimate of drug-likeness (QED) is 0.858. The maximum atomic E-state index is 14.6. The third-order valence-electron chi connectivity index (χ3n) is 5.29. The molecular weight excluding hydrogens is 327 g/mol. The summed E-state index contributed by atoms with van der Waals surface area (Å²) in [5.41, 5.74) is 2.02.